The summed E-state index contributed by atoms with van der Waals surface area (Å²) in [6.45, 7) is 7.03. The van der Waals surface area contributed by atoms with Crippen LogP contribution in [0.2, 0.25) is 0 Å². The minimum atomic E-state index is -1.21. The second kappa shape index (κ2) is 9.33. The van der Waals surface area contributed by atoms with Gasteiger partial charge in [0.15, 0.2) is 23.2 Å². The van der Waals surface area contributed by atoms with E-state index in [1.54, 1.807) is 4.57 Å². The Morgan fingerprint density at radius 2 is 1.97 bits per heavy atom. The lowest BCUT2D eigenvalue weighted by Crippen LogP contribution is -2.33. The summed E-state index contributed by atoms with van der Waals surface area (Å²) < 4.78 is 7.24. The highest BCUT2D eigenvalue weighted by atomic mass is 16.6. The molecule has 4 rings (SSSR count). The Hall–Kier alpha value is -2.85. The third kappa shape index (κ3) is 4.12. The largest absolute Gasteiger partial charge is 0.394 e. The smallest absolute Gasteiger partial charge is 0.167 e. The second-order valence-corrected chi connectivity index (χ2v) is 8.13. The number of imidazole rings is 1. The van der Waals surface area contributed by atoms with Gasteiger partial charge in [-0.15, -0.1) is 0 Å². The number of benzene rings is 1. The summed E-state index contributed by atoms with van der Waals surface area (Å²) >= 11 is 0. The summed E-state index contributed by atoms with van der Waals surface area (Å²) in [5, 5.41) is 30.0. The molecule has 9 nitrogen and oxygen atoms in total. The maximum atomic E-state index is 10.4. The van der Waals surface area contributed by atoms with Gasteiger partial charge in [0.25, 0.3) is 0 Å². The molecule has 0 amide bonds. The van der Waals surface area contributed by atoms with Gasteiger partial charge in [0, 0.05) is 13.1 Å². The van der Waals surface area contributed by atoms with Crippen LogP contribution in [0.4, 0.5) is 5.82 Å². The van der Waals surface area contributed by atoms with Gasteiger partial charge in [-0.2, -0.15) is 0 Å². The fourth-order valence-electron chi connectivity index (χ4n) is 4.00. The van der Waals surface area contributed by atoms with Crippen molar-refractivity contribution in [1.82, 2.24) is 19.5 Å². The summed E-state index contributed by atoms with van der Waals surface area (Å²) in [7, 11) is 0. The van der Waals surface area contributed by atoms with Gasteiger partial charge >= 0.3 is 0 Å². The van der Waals surface area contributed by atoms with E-state index in [2.05, 4.69) is 58.0 Å². The van der Waals surface area contributed by atoms with Crippen LogP contribution in [-0.4, -0.2) is 66.3 Å². The number of aryl methyl sites for hydroxylation is 2. The zero-order valence-electron chi connectivity index (χ0n) is 18.5. The van der Waals surface area contributed by atoms with Gasteiger partial charge in [0.05, 0.1) is 12.9 Å². The molecule has 3 heterocycles. The van der Waals surface area contributed by atoms with Crippen molar-refractivity contribution in [1.29, 1.82) is 0 Å². The molecule has 0 spiro atoms. The van der Waals surface area contributed by atoms with Crippen LogP contribution in [-0.2, 0) is 11.3 Å². The number of aliphatic hydroxyl groups excluding tert-OH is 3. The lowest BCUT2D eigenvalue weighted by molar-refractivity contribution is -0.0511. The van der Waals surface area contributed by atoms with Crippen LogP contribution in [0, 0.1) is 13.8 Å². The number of hydrogen-bond donors (Lipinski definition) is 3. The van der Waals surface area contributed by atoms with Crippen molar-refractivity contribution in [2.75, 3.05) is 18.1 Å². The molecule has 1 aliphatic rings. The normalized spacial score (nSPS) is 23.4. The van der Waals surface area contributed by atoms with Crippen molar-refractivity contribution in [3.63, 3.8) is 0 Å². The van der Waals surface area contributed by atoms with Crippen LogP contribution in [0.5, 0.6) is 0 Å². The Kier molecular flexibility index (Phi) is 6.52. The minimum absolute atomic E-state index is 0.394. The molecule has 32 heavy (non-hydrogen) atoms. The molecule has 1 aromatic carbocycles. The number of anilines is 1. The maximum Gasteiger partial charge on any atom is 0.167 e. The first-order valence-electron chi connectivity index (χ1n) is 10.7. The van der Waals surface area contributed by atoms with Gasteiger partial charge in [-0.25, -0.2) is 15.0 Å². The molecule has 4 atom stereocenters. The van der Waals surface area contributed by atoms with E-state index in [4.69, 9.17) is 4.74 Å². The first kappa shape index (κ1) is 22.3. The van der Waals surface area contributed by atoms with E-state index in [0.717, 1.165) is 0 Å². The van der Waals surface area contributed by atoms with Crippen LogP contribution in [0.3, 0.4) is 0 Å². The molecule has 1 aliphatic heterocycles. The first-order valence-corrected chi connectivity index (χ1v) is 10.7. The Labute approximate surface area is 186 Å². The number of ether oxygens (including phenoxy) is 1. The Bertz CT molecular complexity index is 1110. The van der Waals surface area contributed by atoms with Crippen LogP contribution < -0.4 is 4.90 Å². The van der Waals surface area contributed by atoms with E-state index in [0.29, 0.717) is 30.1 Å². The molecule has 0 saturated carbocycles. The highest BCUT2D eigenvalue weighted by molar-refractivity contribution is 5.83. The molecule has 0 radical (unpaired) electrons. The molecule has 170 valence electrons. The average molecular weight is 440 g/mol. The van der Waals surface area contributed by atoms with Gasteiger partial charge in [-0.1, -0.05) is 35.9 Å². The molecule has 9 heteroatoms. The molecule has 3 aromatic rings. The van der Waals surface area contributed by atoms with Gasteiger partial charge in [0.2, 0.25) is 0 Å². The van der Waals surface area contributed by atoms with Crippen molar-refractivity contribution in [2.24, 2.45) is 0 Å². The summed E-state index contributed by atoms with van der Waals surface area (Å²) in [6, 6.07) is 6.39. The van der Waals surface area contributed by atoms with Crippen molar-refractivity contribution >= 4 is 17.0 Å². The van der Waals surface area contributed by atoms with Gasteiger partial charge in [0.1, 0.15) is 24.6 Å². The molecular weight excluding hydrogens is 410 g/mol. The highest BCUT2D eigenvalue weighted by Gasteiger charge is 2.44. The highest BCUT2D eigenvalue weighted by Crippen LogP contribution is 2.33. The Morgan fingerprint density at radius 3 is 2.69 bits per heavy atom. The summed E-state index contributed by atoms with van der Waals surface area (Å²) in [5.41, 5.74) is 4.64. The summed E-state index contributed by atoms with van der Waals surface area (Å²) in [5.74, 6) is 0.666. The van der Waals surface area contributed by atoms with E-state index < -0.39 is 31.1 Å². The van der Waals surface area contributed by atoms with Crippen molar-refractivity contribution in [3.05, 3.63) is 59.7 Å². The topological polar surface area (TPSA) is 117 Å². The van der Waals surface area contributed by atoms with Gasteiger partial charge in [-0.05, 0) is 31.9 Å². The van der Waals surface area contributed by atoms with E-state index in [9.17, 15) is 15.3 Å². The molecule has 3 N–H and O–H groups in total. The molecular formula is C23H29N5O4. The van der Waals surface area contributed by atoms with E-state index in [1.165, 1.54) is 29.3 Å². The fraction of sp³-hybridized carbons (Fsp3) is 0.435. The summed E-state index contributed by atoms with van der Waals surface area (Å²) in [4.78, 5) is 15.5. The van der Waals surface area contributed by atoms with E-state index in [-0.39, 0.29) is 0 Å². The average Bonchev–Trinajstić information content (AvgIpc) is 3.34. The third-order valence-corrected chi connectivity index (χ3v) is 5.86. The number of fused-ring (bicyclic) bond motifs is 1. The maximum absolute atomic E-state index is 10.4. The van der Waals surface area contributed by atoms with E-state index in [1.807, 2.05) is 13.0 Å². The predicted molar refractivity (Wildman–Crippen MR) is 120 cm³/mol. The van der Waals surface area contributed by atoms with Crippen LogP contribution in [0.15, 0.2) is 43.0 Å². The van der Waals surface area contributed by atoms with E-state index >= 15 is 0 Å². The number of aromatic nitrogens is 4. The zero-order valence-corrected chi connectivity index (χ0v) is 18.5. The second-order valence-electron chi connectivity index (χ2n) is 8.13. The van der Waals surface area contributed by atoms with Gasteiger partial charge < -0.3 is 25.0 Å². The van der Waals surface area contributed by atoms with Crippen molar-refractivity contribution < 1.29 is 20.1 Å². The lowest BCUT2D eigenvalue weighted by atomic mass is 10.1. The molecule has 0 unspecified atom stereocenters. The molecule has 1 saturated heterocycles. The first-order chi connectivity index (χ1) is 15.4. The van der Waals surface area contributed by atoms with Crippen LogP contribution in [0.25, 0.3) is 11.2 Å². The predicted octanol–water partition coefficient (Wildman–Crippen LogP) is 1.64. The van der Waals surface area contributed by atoms with Gasteiger partial charge in [-0.3, -0.25) is 4.57 Å². The zero-order chi connectivity index (χ0) is 22.8. The number of hydrogen-bond acceptors (Lipinski definition) is 8. The quantitative estimate of drug-likeness (QED) is 0.476. The summed E-state index contributed by atoms with van der Waals surface area (Å²) in [6.07, 6.45) is 2.85. The van der Waals surface area contributed by atoms with Crippen molar-refractivity contribution in [2.45, 2.75) is 51.9 Å². The number of rotatable bonds is 7. The molecule has 2 aromatic heterocycles. The van der Waals surface area contributed by atoms with Crippen molar-refractivity contribution in [3.8, 4) is 0 Å². The minimum Gasteiger partial charge on any atom is -0.394 e. The monoisotopic (exact) mass is 439 g/mol. The number of nitrogens with zero attached hydrogens (tertiary/aromatic N) is 5. The number of aliphatic hydroxyl groups is 3. The Morgan fingerprint density at radius 1 is 1.16 bits per heavy atom. The van der Waals surface area contributed by atoms with Crippen LogP contribution in [0.1, 0.15) is 29.8 Å². The molecule has 1 fully saturated rings. The lowest BCUT2D eigenvalue weighted by Gasteiger charge is -2.24. The molecule has 0 bridgehead atoms. The number of allylic oxidation sites excluding steroid dienone is 1. The SMILES string of the molecule is CC=CCN(Cc1cc(C)ccc1C)c1ncnc2c1ncn2[C@@H]1O[C@H](CO)[C@@H](O)[C@H]1O. The van der Waals surface area contributed by atoms with Crippen LogP contribution >= 0.6 is 0 Å². The fourth-order valence-corrected chi connectivity index (χ4v) is 4.00. The third-order valence-electron chi connectivity index (χ3n) is 5.86. The Balaban J connectivity index is 1.73. The standard InChI is InChI=1S/C23H29N5O4/c1-4-5-8-27(10-16-9-14(2)6-7-15(16)3)21-18-22(25-12-24-21)28(13-26-18)23-20(31)19(30)17(11-29)32-23/h4-7,9,12-13,17,19-20,23,29-31H,8,10-11H2,1-3H3/t17-,19-,20-,23-/m1/s1. The molecule has 0 aliphatic carbocycles.